The summed E-state index contributed by atoms with van der Waals surface area (Å²) in [6, 6.07) is 14.4. The van der Waals surface area contributed by atoms with Crippen molar-refractivity contribution in [1.82, 2.24) is 0 Å². The second-order valence-corrected chi connectivity index (χ2v) is 6.07. The number of halogens is 1. The van der Waals surface area contributed by atoms with Crippen LogP contribution in [0.3, 0.4) is 0 Å². The molecule has 2 N–H and O–H groups in total. The molecule has 2 atom stereocenters. The third-order valence-corrected chi connectivity index (χ3v) is 4.59. The van der Waals surface area contributed by atoms with E-state index in [1.807, 2.05) is 19.1 Å². The summed E-state index contributed by atoms with van der Waals surface area (Å²) < 4.78 is 5.94. The smallest absolute Gasteiger partial charge is 0.0845 e. The molecule has 2 aromatic rings. The van der Waals surface area contributed by atoms with Crippen molar-refractivity contribution in [3.8, 4) is 0 Å². The second kappa shape index (κ2) is 6.18. The number of fused-ring (bicyclic) bond motifs is 1. The molecular weight excluding hydrogens is 282 g/mol. The van der Waals surface area contributed by atoms with Crippen LogP contribution in [-0.4, -0.2) is 6.61 Å². The van der Waals surface area contributed by atoms with Crippen LogP contribution in [0, 0.1) is 6.92 Å². The van der Waals surface area contributed by atoms with E-state index in [2.05, 4.69) is 30.3 Å². The molecule has 2 nitrogen and oxygen atoms in total. The molecule has 0 bridgehead atoms. The fourth-order valence-corrected chi connectivity index (χ4v) is 3.05. The first-order valence-corrected chi connectivity index (χ1v) is 7.74. The van der Waals surface area contributed by atoms with Gasteiger partial charge in [0.2, 0.25) is 0 Å². The lowest BCUT2D eigenvalue weighted by Gasteiger charge is -2.28. The second-order valence-electron chi connectivity index (χ2n) is 5.66. The Kier molecular flexibility index (Phi) is 4.29. The van der Waals surface area contributed by atoms with E-state index in [0.717, 1.165) is 35.6 Å². The van der Waals surface area contributed by atoms with Gasteiger partial charge in [-0.15, -0.1) is 0 Å². The summed E-state index contributed by atoms with van der Waals surface area (Å²) in [6.45, 7) is 2.78. The number of benzene rings is 2. The molecule has 1 aliphatic rings. The van der Waals surface area contributed by atoms with Gasteiger partial charge in [-0.2, -0.15) is 0 Å². The van der Waals surface area contributed by atoms with Crippen molar-refractivity contribution >= 4 is 11.6 Å². The van der Waals surface area contributed by atoms with E-state index in [1.54, 1.807) is 0 Å². The van der Waals surface area contributed by atoms with E-state index in [-0.39, 0.29) is 12.1 Å². The maximum atomic E-state index is 6.38. The Morgan fingerprint density at radius 1 is 1.29 bits per heavy atom. The van der Waals surface area contributed by atoms with E-state index in [1.165, 1.54) is 11.1 Å². The van der Waals surface area contributed by atoms with Crippen molar-refractivity contribution < 1.29 is 4.74 Å². The highest BCUT2D eigenvalue weighted by Crippen LogP contribution is 2.34. The molecular formula is C18H20ClNO. The molecule has 0 radical (unpaired) electrons. The molecule has 0 fully saturated rings. The van der Waals surface area contributed by atoms with Crippen molar-refractivity contribution in [3.63, 3.8) is 0 Å². The minimum atomic E-state index is -0.0443. The third kappa shape index (κ3) is 3.13. The lowest BCUT2D eigenvalue weighted by atomic mass is 9.91. The highest BCUT2D eigenvalue weighted by molar-refractivity contribution is 6.31. The molecule has 21 heavy (non-hydrogen) atoms. The molecule has 3 heteroatoms. The average Bonchev–Trinajstić information content (AvgIpc) is 2.50. The predicted octanol–water partition coefficient (Wildman–Crippen LogP) is 4.35. The van der Waals surface area contributed by atoms with Gasteiger partial charge >= 0.3 is 0 Å². The molecule has 0 spiro atoms. The number of aryl methyl sites for hydroxylation is 1. The first-order valence-electron chi connectivity index (χ1n) is 7.36. The maximum absolute atomic E-state index is 6.38. The van der Waals surface area contributed by atoms with E-state index >= 15 is 0 Å². The zero-order valence-electron chi connectivity index (χ0n) is 12.2. The molecule has 2 aromatic carbocycles. The Bertz CT molecular complexity index is 641. The van der Waals surface area contributed by atoms with Crippen molar-refractivity contribution in [3.05, 3.63) is 69.7 Å². The van der Waals surface area contributed by atoms with Crippen LogP contribution in [0.4, 0.5) is 0 Å². The number of rotatable bonds is 3. The highest BCUT2D eigenvalue weighted by Gasteiger charge is 2.23. The zero-order valence-corrected chi connectivity index (χ0v) is 12.9. The first kappa shape index (κ1) is 14.6. The van der Waals surface area contributed by atoms with Crippen LogP contribution in [-0.2, 0) is 11.2 Å². The average molecular weight is 302 g/mol. The summed E-state index contributed by atoms with van der Waals surface area (Å²) in [6.07, 6.45) is 1.86. The number of ether oxygens (including phenoxy) is 1. The van der Waals surface area contributed by atoms with Gasteiger partial charge in [0.25, 0.3) is 0 Å². The van der Waals surface area contributed by atoms with Gasteiger partial charge in [0.05, 0.1) is 12.7 Å². The number of hydrogen-bond donors (Lipinski definition) is 1. The molecule has 0 amide bonds. The molecule has 1 heterocycles. The Balaban J connectivity index is 1.79. The molecule has 0 aliphatic carbocycles. The van der Waals surface area contributed by atoms with Crippen LogP contribution in [0.5, 0.6) is 0 Å². The van der Waals surface area contributed by atoms with Gasteiger partial charge < -0.3 is 10.5 Å². The molecule has 0 saturated carbocycles. The van der Waals surface area contributed by atoms with Crippen molar-refractivity contribution in [2.24, 2.45) is 5.73 Å². The quantitative estimate of drug-likeness (QED) is 0.914. The van der Waals surface area contributed by atoms with Crippen molar-refractivity contribution in [2.45, 2.75) is 31.9 Å². The topological polar surface area (TPSA) is 35.2 Å². The van der Waals surface area contributed by atoms with Gasteiger partial charge in [-0.3, -0.25) is 0 Å². The van der Waals surface area contributed by atoms with Gasteiger partial charge in [-0.25, -0.2) is 0 Å². The Hall–Kier alpha value is -1.35. The number of nitrogens with two attached hydrogens (primary N) is 1. The van der Waals surface area contributed by atoms with Gasteiger partial charge in [0.1, 0.15) is 0 Å². The van der Waals surface area contributed by atoms with Gasteiger partial charge in [-0.1, -0.05) is 48.0 Å². The van der Waals surface area contributed by atoms with Crippen LogP contribution in [0.1, 0.15) is 40.8 Å². The monoisotopic (exact) mass is 301 g/mol. The summed E-state index contributed by atoms with van der Waals surface area (Å²) in [7, 11) is 0. The van der Waals surface area contributed by atoms with E-state index in [4.69, 9.17) is 22.1 Å². The Morgan fingerprint density at radius 3 is 2.90 bits per heavy atom. The fraction of sp³-hybridized carbons (Fsp3) is 0.333. The SMILES string of the molecule is Cc1cc(C(N)CC2OCCc3ccccc32)ccc1Cl. The summed E-state index contributed by atoms with van der Waals surface area (Å²) in [4.78, 5) is 0. The number of hydrogen-bond acceptors (Lipinski definition) is 2. The van der Waals surface area contributed by atoms with Gasteiger partial charge in [-0.05, 0) is 48.1 Å². The lowest BCUT2D eigenvalue weighted by molar-refractivity contribution is 0.0320. The molecule has 0 saturated heterocycles. The van der Waals surface area contributed by atoms with Crippen LogP contribution in [0.15, 0.2) is 42.5 Å². The van der Waals surface area contributed by atoms with Crippen molar-refractivity contribution in [2.75, 3.05) is 6.61 Å². The lowest BCUT2D eigenvalue weighted by Crippen LogP contribution is -2.21. The summed E-state index contributed by atoms with van der Waals surface area (Å²) in [5, 5.41) is 0.783. The van der Waals surface area contributed by atoms with Crippen LogP contribution in [0.25, 0.3) is 0 Å². The highest BCUT2D eigenvalue weighted by atomic mass is 35.5. The molecule has 2 unspecified atom stereocenters. The molecule has 1 aliphatic heterocycles. The van der Waals surface area contributed by atoms with E-state index in [0.29, 0.717) is 0 Å². The Morgan fingerprint density at radius 2 is 2.10 bits per heavy atom. The summed E-state index contributed by atoms with van der Waals surface area (Å²) >= 11 is 6.08. The fourth-order valence-electron chi connectivity index (χ4n) is 2.94. The first-order chi connectivity index (χ1) is 10.1. The standard InChI is InChI=1S/C18H20ClNO/c1-12-10-14(6-7-16(12)19)17(20)11-18-15-5-3-2-4-13(15)8-9-21-18/h2-7,10,17-18H,8-9,11,20H2,1H3. The predicted molar refractivity (Wildman–Crippen MR) is 86.6 cm³/mol. The molecule has 3 rings (SSSR count). The van der Waals surface area contributed by atoms with Crippen LogP contribution < -0.4 is 5.73 Å². The molecule has 110 valence electrons. The van der Waals surface area contributed by atoms with Crippen molar-refractivity contribution in [1.29, 1.82) is 0 Å². The van der Waals surface area contributed by atoms with Gasteiger partial charge in [0.15, 0.2) is 0 Å². The van der Waals surface area contributed by atoms with Crippen LogP contribution in [0.2, 0.25) is 5.02 Å². The maximum Gasteiger partial charge on any atom is 0.0845 e. The van der Waals surface area contributed by atoms with Gasteiger partial charge in [0, 0.05) is 11.1 Å². The van der Waals surface area contributed by atoms with Crippen LogP contribution >= 0.6 is 11.6 Å². The third-order valence-electron chi connectivity index (χ3n) is 4.17. The van der Waals surface area contributed by atoms with E-state index < -0.39 is 0 Å². The summed E-state index contributed by atoms with van der Waals surface area (Å²) in [5.41, 5.74) is 11.2. The molecule has 0 aromatic heterocycles. The normalized spacial score (nSPS) is 19.1. The summed E-state index contributed by atoms with van der Waals surface area (Å²) in [5.74, 6) is 0. The minimum absolute atomic E-state index is 0.0443. The Labute approximate surface area is 130 Å². The largest absolute Gasteiger partial charge is 0.373 e. The van der Waals surface area contributed by atoms with E-state index in [9.17, 15) is 0 Å². The zero-order chi connectivity index (χ0) is 14.8. The minimum Gasteiger partial charge on any atom is -0.373 e.